The van der Waals surface area contributed by atoms with Gasteiger partial charge in [0.2, 0.25) is 0 Å². The van der Waals surface area contributed by atoms with Gasteiger partial charge in [0, 0.05) is 38.1 Å². The number of carbonyl (C=O) groups is 1. The first-order chi connectivity index (χ1) is 11.2. The van der Waals surface area contributed by atoms with Crippen molar-refractivity contribution in [1.82, 2.24) is 9.88 Å². The third kappa shape index (κ3) is 3.28. The van der Waals surface area contributed by atoms with E-state index in [1.54, 1.807) is 25.4 Å². The number of aryl methyl sites for hydroxylation is 1. The number of aromatic nitrogens is 1. The highest BCUT2D eigenvalue weighted by Crippen LogP contribution is 2.24. The Bertz CT molecular complexity index is 739. The molecule has 2 aromatic rings. The number of amides is 1. The number of rotatable bonds is 4. The maximum atomic E-state index is 12.3. The number of hydrogen-bond acceptors (Lipinski definition) is 3. The lowest BCUT2D eigenvalue weighted by atomic mass is 10.2. The van der Waals surface area contributed by atoms with Crippen LogP contribution in [0.1, 0.15) is 23.2 Å². The van der Waals surface area contributed by atoms with Gasteiger partial charge in [0.15, 0.2) is 0 Å². The van der Waals surface area contributed by atoms with E-state index in [1.807, 2.05) is 18.2 Å². The molecule has 5 nitrogen and oxygen atoms in total. The fourth-order valence-electron chi connectivity index (χ4n) is 3.08. The smallest absolute Gasteiger partial charge is 0.263 e. The Hall–Kier alpha value is -2.56. The standard InChI is InChI=1S/C18H21N3O2/c1-20-11-6-10-16(18(20)23)17(22)19-13-15-9-5-12-21(15)14-7-3-2-4-8-14/h2-4,6-8,10-11,15H,5,9,12-13H2,1H3,(H,19,22)/t15-/m1/s1. The van der Waals surface area contributed by atoms with Crippen LogP contribution in [0.3, 0.4) is 0 Å². The Labute approximate surface area is 135 Å². The molecule has 1 amide bonds. The Kier molecular flexibility index (Phi) is 4.46. The summed E-state index contributed by atoms with van der Waals surface area (Å²) in [5, 5.41) is 2.91. The molecule has 5 heteroatoms. The van der Waals surface area contributed by atoms with Crippen LogP contribution in [0.2, 0.25) is 0 Å². The molecule has 0 spiro atoms. The van der Waals surface area contributed by atoms with Gasteiger partial charge in [-0.15, -0.1) is 0 Å². The molecular formula is C18H21N3O2. The maximum absolute atomic E-state index is 12.3. The second-order valence-corrected chi connectivity index (χ2v) is 5.87. The van der Waals surface area contributed by atoms with E-state index < -0.39 is 0 Å². The van der Waals surface area contributed by atoms with Crippen molar-refractivity contribution in [3.05, 3.63) is 64.6 Å². The number of nitrogens with one attached hydrogen (secondary N) is 1. The predicted octanol–water partition coefficient (Wildman–Crippen LogP) is 1.78. The molecule has 120 valence electrons. The van der Waals surface area contributed by atoms with E-state index in [0.29, 0.717) is 6.54 Å². The SMILES string of the molecule is Cn1cccc(C(=O)NC[C@H]2CCCN2c2ccccc2)c1=O. The van der Waals surface area contributed by atoms with E-state index in [0.717, 1.165) is 19.4 Å². The van der Waals surface area contributed by atoms with Crippen molar-refractivity contribution in [2.75, 3.05) is 18.0 Å². The van der Waals surface area contributed by atoms with Crippen LogP contribution in [-0.2, 0) is 7.05 Å². The fraction of sp³-hybridized carbons (Fsp3) is 0.333. The van der Waals surface area contributed by atoms with Crippen LogP contribution in [0.25, 0.3) is 0 Å². The Morgan fingerprint density at radius 2 is 2.00 bits per heavy atom. The minimum Gasteiger partial charge on any atom is -0.367 e. The summed E-state index contributed by atoms with van der Waals surface area (Å²) in [6, 6.07) is 13.8. The van der Waals surface area contributed by atoms with Crippen molar-refractivity contribution >= 4 is 11.6 Å². The maximum Gasteiger partial charge on any atom is 0.263 e. The third-order valence-corrected chi connectivity index (χ3v) is 4.33. The molecule has 0 saturated carbocycles. The van der Waals surface area contributed by atoms with E-state index in [-0.39, 0.29) is 23.1 Å². The van der Waals surface area contributed by atoms with Crippen molar-refractivity contribution in [3.63, 3.8) is 0 Å². The number of hydrogen-bond donors (Lipinski definition) is 1. The zero-order valence-electron chi connectivity index (χ0n) is 13.2. The van der Waals surface area contributed by atoms with Crippen LogP contribution in [0.5, 0.6) is 0 Å². The van der Waals surface area contributed by atoms with Crippen LogP contribution in [0, 0.1) is 0 Å². The van der Waals surface area contributed by atoms with Crippen molar-refractivity contribution in [3.8, 4) is 0 Å². The summed E-state index contributed by atoms with van der Waals surface area (Å²) in [4.78, 5) is 26.6. The third-order valence-electron chi connectivity index (χ3n) is 4.33. The normalized spacial score (nSPS) is 17.3. The molecular weight excluding hydrogens is 290 g/mol. The molecule has 2 heterocycles. The summed E-state index contributed by atoms with van der Waals surface area (Å²) in [6.45, 7) is 1.55. The Morgan fingerprint density at radius 1 is 1.22 bits per heavy atom. The highest BCUT2D eigenvalue weighted by atomic mass is 16.2. The zero-order valence-corrected chi connectivity index (χ0v) is 13.2. The van der Waals surface area contributed by atoms with Gasteiger partial charge >= 0.3 is 0 Å². The molecule has 1 aromatic heterocycles. The Morgan fingerprint density at radius 3 is 2.78 bits per heavy atom. The van der Waals surface area contributed by atoms with Gasteiger partial charge in [0.05, 0.1) is 0 Å². The first-order valence-electron chi connectivity index (χ1n) is 7.92. The zero-order chi connectivity index (χ0) is 16.2. The number of nitrogens with zero attached hydrogens (tertiary/aromatic N) is 2. The lowest BCUT2D eigenvalue weighted by Crippen LogP contribution is -2.41. The number of carbonyl (C=O) groups excluding carboxylic acids is 1. The molecule has 0 radical (unpaired) electrons. The van der Waals surface area contributed by atoms with Crippen LogP contribution in [-0.4, -0.2) is 29.6 Å². The van der Waals surface area contributed by atoms with E-state index in [9.17, 15) is 9.59 Å². The molecule has 1 saturated heterocycles. The Balaban J connectivity index is 1.67. The second-order valence-electron chi connectivity index (χ2n) is 5.87. The highest BCUT2D eigenvalue weighted by Gasteiger charge is 2.25. The molecule has 1 aromatic carbocycles. The monoisotopic (exact) mass is 311 g/mol. The van der Waals surface area contributed by atoms with Gasteiger partial charge in [0.1, 0.15) is 5.56 Å². The molecule has 1 aliphatic heterocycles. The first-order valence-corrected chi connectivity index (χ1v) is 7.92. The molecule has 1 fully saturated rings. The van der Waals surface area contributed by atoms with E-state index >= 15 is 0 Å². The van der Waals surface area contributed by atoms with Gasteiger partial charge < -0.3 is 14.8 Å². The second kappa shape index (κ2) is 6.69. The highest BCUT2D eigenvalue weighted by molar-refractivity contribution is 5.93. The number of anilines is 1. The van der Waals surface area contributed by atoms with Crippen molar-refractivity contribution in [2.24, 2.45) is 7.05 Å². The van der Waals surface area contributed by atoms with Crippen molar-refractivity contribution < 1.29 is 4.79 Å². The van der Waals surface area contributed by atoms with E-state index in [1.165, 1.54) is 10.3 Å². The van der Waals surface area contributed by atoms with Crippen LogP contribution >= 0.6 is 0 Å². The fourth-order valence-corrected chi connectivity index (χ4v) is 3.08. The van der Waals surface area contributed by atoms with E-state index in [4.69, 9.17) is 0 Å². The molecule has 1 aliphatic rings. The van der Waals surface area contributed by atoms with Crippen molar-refractivity contribution in [1.29, 1.82) is 0 Å². The number of benzene rings is 1. The minimum atomic E-state index is -0.300. The molecule has 3 rings (SSSR count). The van der Waals surface area contributed by atoms with Gasteiger partial charge in [-0.25, -0.2) is 0 Å². The van der Waals surface area contributed by atoms with Gasteiger partial charge in [-0.1, -0.05) is 18.2 Å². The van der Waals surface area contributed by atoms with Gasteiger partial charge in [-0.3, -0.25) is 9.59 Å². The van der Waals surface area contributed by atoms with E-state index in [2.05, 4.69) is 22.3 Å². The molecule has 1 atom stereocenters. The summed E-state index contributed by atoms with van der Waals surface area (Å²) in [7, 11) is 1.65. The summed E-state index contributed by atoms with van der Waals surface area (Å²) >= 11 is 0. The number of pyridine rings is 1. The lowest BCUT2D eigenvalue weighted by Gasteiger charge is -2.27. The van der Waals surface area contributed by atoms with Crippen LogP contribution in [0.15, 0.2) is 53.5 Å². The van der Waals surface area contributed by atoms with Gasteiger partial charge in [-0.2, -0.15) is 0 Å². The van der Waals surface area contributed by atoms with Gasteiger partial charge in [0.25, 0.3) is 11.5 Å². The molecule has 1 N–H and O–H groups in total. The number of para-hydroxylation sites is 1. The predicted molar refractivity (Wildman–Crippen MR) is 90.8 cm³/mol. The topological polar surface area (TPSA) is 54.3 Å². The minimum absolute atomic E-state index is 0.194. The average molecular weight is 311 g/mol. The van der Waals surface area contributed by atoms with Crippen LogP contribution < -0.4 is 15.8 Å². The largest absolute Gasteiger partial charge is 0.367 e. The van der Waals surface area contributed by atoms with Crippen molar-refractivity contribution in [2.45, 2.75) is 18.9 Å². The molecule has 0 unspecified atom stereocenters. The quantitative estimate of drug-likeness (QED) is 0.936. The first kappa shape index (κ1) is 15.3. The summed E-state index contributed by atoms with van der Waals surface area (Å²) in [6.07, 6.45) is 3.80. The summed E-state index contributed by atoms with van der Waals surface area (Å²) in [5.74, 6) is -0.300. The molecule has 0 bridgehead atoms. The summed E-state index contributed by atoms with van der Waals surface area (Å²) < 4.78 is 1.42. The lowest BCUT2D eigenvalue weighted by molar-refractivity contribution is 0.0949. The van der Waals surface area contributed by atoms with Crippen LogP contribution in [0.4, 0.5) is 5.69 Å². The average Bonchev–Trinajstić information content (AvgIpc) is 3.04. The van der Waals surface area contributed by atoms with Gasteiger partial charge in [-0.05, 0) is 37.1 Å². The molecule has 23 heavy (non-hydrogen) atoms. The summed E-state index contributed by atoms with van der Waals surface area (Å²) in [5.41, 5.74) is 1.11. The molecule has 0 aliphatic carbocycles.